The van der Waals surface area contributed by atoms with Crippen molar-refractivity contribution in [1.82, 2.24) is 4.90 Å². The first-order valence-electron chi connectivity index (χ1n) is 5.70. The van der Waals surface area contributed by atoms with Crippen molar-refractivity contribution in [3.63, 3.8) is 0 Å². The van der Waals surface area contributed by atoms with Crippen LogP contribution in [0.5, 0.6) is 0 Å². The lowest BCUT2D eigenvalue weighted by Crippen LogP contribution is -2.35. The Hall–Kier alpha value is -2.05. The molecule has 19 heavy (non-hydrogen) atoms. The van der Waals surface area contributed by atoms with Gasteiger partial charge in [0.05, 0.1) is 4.92 Å². The lowest BCUT2D eigenvalue weighted by atomic mass is 10.1. The highest BCUT2D eigenvalue weighted by Gasteiger charge is 2.29. The monoisotopic (exact) mass is 272 g/mol. The van der Waals surface area contributed by atoms with Gasteiger partial charge in [-0.05, 0) is 19.4 Å². The fourth-order valence-corrected chi connectivity index (χ4v) is 1.53. The minimum absolute atomic E-state index is 0.231. The van der Waals surface area contributed by atoms with Crippen LogP contribution in [0.15, 0.2) is 12.1 Å². The molecule has 1 amide bonds. The van der Waals surface area contributed by atoms with Crippen LogP contribution < -0.4 is 0 Å². The summed E-state index contributed by atoms with van der Waals surface area (Å²) >= 11 is 0. The molecule has 0 heterocycles. The molecule has 1 unspecified atom stereocenters. The maximum Gasteiger partial charge on any atom is 0.305 e. The molecule has 5 nitrogen and oxygen atoms in total. The molecule has 104 valence electrons. The molecule has 0 bridgehead atoms. The van der Waals surface area contributed by atoms with Crippen LogP contribution in [0.3, 0.4) is 0 Å². The molecule has 0 aromatic heterocycles. The Balaban J connectivity index is 3.30. The number of nitro groups is 1. The summed E-state index contributed by atoms with van der Waals surface area (Å²) in [5.74, 6) is -3.46. The SMILES string of the molecule is CCC(C)N(C)C(=O)c1c(F)ccc([N+](=O)[O-])c1F. The third-order valence-corrected chi connectivity index (χ3v) is 3.05. The number of amides is 1. The summed E-state index contributed by atoms with van der Waals surface area (Å²) in [4.78, 5) is 22.7. The van der Waals surface area contributed by atoms with E-state index in [1.54, 1.807) is 6.92 Å². The van der Waals surface area contributed by atoms with Crippen LogP contribution in [0.25, 0.3) is 0 Å². The fraction of sp³-hybridized carbons (Fsp3) is 0.417. The molecular weight excluding hydrogens is 258 g/mol. The second-order valence-electron chi connectivity index (χ2n) is 4.19. The molecule has 1 aromatic rings. The normalized spacial score (nSPS) is 12.1. The van der Waals surface area contributed by atoms with E-state index in [2.05, 4.69) is 0 Å². The first-order chi connectivity index (χ1) is 8.81. The first-order valence-corrected chi connectivity index (χ1v) is 5.70. The summed E-state index contributed by atoms with van der Waals surface area (Å²) in [6.45, 7) is 3.53. The van der Waals surface area contributed by atoms with E-state index in [-0.39, 0.29) is 6.04 Å². The van der Waals surface area contributed by atoms with Gasteiger partial charge in [-0.3, -0.25) is 14.9 Å². The van der Waals surface area contributed by atoms with E-state index >= 15 is 0 Å². The van der Waals surface area contributed by atoms with Crippen LogP contribution in [0.4, 0.5) is 14.5 Å². The Kier molecular flexibility index (Phi) is 4.52. The first kappa shape index (κ1) is 15.0. The predicted octanol–water partition coefficient (Wildman–Crippen LogP) is 2.74. The second-order valence-corrected chi connectivity index (χ2v) is 4.19. The van der Waals surface area contributed by atoms with Crippen LogP contribution in [0, 0.1) is 21.7 Å². The highest BCUT2D eigenvalue weighted by molar-refractivity contribution is 5.95. The molecule has 0 aliphatic carbocycles. The van der Waals surface area contributed by atoms with Gasteiger partial charge in [0.15, 0.2) is 0 Å². The van der Waals surface area contributed by atoms with E-state index in [1.165, 1.54) is 7.05 Å². The lowest BCUT2D eigenvalue weighted by Gasteiger charge is -2.24. The summed E-state index contributed by atoms with van der Waals surface area (Å²) in [6.07, 6.45) is 0.598. The third kappa shape index (κ3) is 2.86. The van der Waals surface area contributed by atoms with E-state index in [9.17, 15) is 23.7 Å². The largest absolute Gasteiger partial charge is 0.339 e. The van der Waals surface area contributed by atoms with Crippen molar-refractivity contribution in [3.8, 4) is 0 Å². The van der Waals surface area contributed by atoms with Gasteiger partial charge in [-0.2, -0.15) is 4.39 Å². The maximum absolute atomic E-state index is 13.8. The molecule has 0 spiro atoms. The van der Waals surface area contributed by atoms with E-state index in [0.717, 1.165) is 11.0 Å². The molecule has 1 rings (SSSR count). The number of rotatable bonds is 4. The van der Waals surface area contributed by atoms with Crippen LogP contribution in [0.2, 0.25) is 0 Å². The maximum atomic E-state index is 13.8. The molecule has 0 saturated carbocycles. The zero-order chi connectivity index (χ0) is 14.7. The van der Waals surface area contributed by atoms with Gasteiger partial charge in [-0.25, -0.2) is 4.39 Å². The van der Waals surface area contributed by atoms with Crippen LogP contribution in [-0.4, -0.2) is 28.8 Å². The molecule has 7 heteroatoms. The quantitative estimate of drug-likeness (QED) is 0.625. The van der Waals surface area contributed by atoms with Gasteiger partial charge < -0.3 is 4.90 Å². The Morgan fingerprint density at radius 2 is 2.05 bits per heavy atom. The lowest BCUT2D eigenvalue weighted by molar-refractivity contribution is -0.387. The molecular formula is C12H14F2N2O3. The molecule has 0 aliphatic heterocycles. The number of carbonyl (C=O) groups excluding carboxylic acids is 1. The van der Waals surface area contributed by atoms with Crippen molar-refractivity contribution < 1.29 is 18.5 Å². The summed E-state index contributed by atoms with van der Waals surface area (Å²) < 4.78 is 27.4. The number of halogens is 2. The molecule has 1 atom stereocenters. The van der Waals surface area contributed by atoms with E-state index < -0.39 is 33.7 Å². The van der Waals surface area contributed by atoms with Crippen LogP contribution in [-0.2, 0) is 0 Å². The van der Waals surface area contributed by atoms with Gasteiger partial charge in [-0.15, -0.1) is 0 Å². The molecule has 0 aliphatic rings. The van der Waals surface area contributed by atoms with E-state index in [0.29, 0.717) is 12.5 Å². The van der Waals surface area contributed by atoms with Gasteiger partial charge in [-0.1, -0.05) is 6.92 Å². The smallest absolute Gasteiger partial charge is 0.305 e. The van der Waals surface area contributed by atoms with Gasteiger partial charge in [0.25, 0.3) is 5.91 Å². The molecule has 1 aromatic carbocycles. The number of hydrogen-bond acceptors (Lipinski definition) is 3. The number of hydrogen-bond donors (Lipinski definition) is 0. The van der Waals surface area contributed by atoms with Crippen LogP contribution in [0.1, 0.15) is 30.6 Å². The topological polar surface area (TPSA) is 63.5 Å². The Morgan fingerprint density at radius 1 is 1.47 bits per heavy atom. The number of nitro benzene ring substituents is 1. The van der Waals surface area contributed by atoms with Crippen LogP contribution >= 0.6 is 0 Å². The van der Waals surface area contributed by atoms with Crippen molar-refractivity contribution in [2.24, 2.45) is 0 Å². The summed E-state index contributed by atoms with van der Waals surface area (Å²) in [7, 11) is 1.40. The molecule has 0 fully saturated rings. The van der Waals surface area contributed by atoms with Gasteiger partial charge >= 0.3 is 5.69 Å². The average molecular weight is 272 g/mol. The minimum atomic E-state index is -1.44. The summed E-state index contributed by atoms with van der Waals surface area (Å²) in [6, 6.07) is 1.19. The van der Waals surface area contributed by atoms with Gasteiger partial charge in [0.2, 0.25) is 5.82 Å². The summed E-state index contributed by atoms with van der Waals surface area (Å²) in [5, 5.41) is 10.6. The van der Waals surface area contributed by atoms with Crippen molar-refractivity contribution in [2.75, 3.05) is 7.05 Å². The van der Waals surface area contributed by atoms with E-state index in [4.69, 9.17) is 0 Å². The van der Waals surface area contributed by atoms with Crippen molar-refractivity contribution in [3.05, 3.63) is 39.4 Å². The second kappa shape index (κ2) is 5.73. The number of benzene rings is 1. The Morgan fingerprint density at radius 3 is 2.53 bits per heavy atom. The number of carbonyl (C=O) groups is 1. The molecule has 0 N–H and O–H groups in total. The van der Waals surface area contributed by atoms with E-state index in [1.807, 2.05) is 6.92 Å². The fourth-order valence-electron chi connectivity index (χ4n) is 1.53. The third-order valence-electron chi connectivity index (χ3n) is 3.05. The highest BCUT2D eigenvalue weighted by atomic mass is 19.1. The predicted molar refractivity (Wildman–Crippen MR) is 64.9 cm³/mol. The van der Waals surface area contributed by atoms with Gasteiger partial charge in [0.1, 0.15) is 11.4 Å². The van der Waals surface area contributed by atoms with Crippen molar-refractivity contribution in [1.29, 1.82) is 0 Å². The Labute approximate surface area is 109 Å². The minimum Gasteiger partial charge on any atom is -0.339 e. The summed E-state index contributed by atoms with van der Waals surface area (Å²) in [5.41, 5.74) is -1.81. The number of nitrogens with zero attached hydrogens (tertiary/aromatic N) is 2. The molecule has 0 saturated heterocycles. The zero-order valence-electron chi connectivity index (χ0n) is 10.8. The zero-order valence-corrected chi connectivity index (χ0v) is 10.8. The van der Waals surface area contributed by atoms with Crippen molar-refractivity contribution in [2.45, 2.75) is 26.3 Å². The molecule has 0 radical (unpaired) electrons. The van der Waals surface area contributed by atoms with Crippen molar-refractivity contribution >= 4 is 11.6 Å². The van der Waals surface area contributed by atoms with Gasteiger partial charge in [0, 0.05) is 19.2 Å². The Bertz CT molecular complexity index is 520. The highest BCUT2D eigenvalue weighted by Crippen LogP contribution is 2.24. The average Bonchev–Trinajstić information content (AvgIpc) is 2.36. The standard InChI is InChI=1S/C12H14F2N2O3/c1-4-7(2)15(3)12(17)10-8(13)5-6-9(11(10)14)16(18)19/h5-7H,4H2,1-3H3.